The van der Waals surface area contributed by atoms with Gasteiger partial charge in [-0.05, 0) is 186 Å². The van der Waals surface area contributed by atoms with Crippen molar-refractivity contribution in [1.82, 2.24) is 5.32 Å². The minimum absolute atomic E-state index is 0.0468. The van der Waals surface area contributed by atoms with E-state index in [1.54, 1.807) is 48.5 Å². The molecule has 8 aromatic carbocycles. The number of rotatable bonds is 17. The van der Waals surface area contributed by atoms with Crippen molar-refractivity contribution < 1.29 is 65.1 Å². The van der Waals surface area contributed by atoms with Gasteiger partial charge in [-0.2, -0.15) is 33.7 Å². The lowest BCUT2D eigenvalue weighted by atomic mass is 9.53. The number of hydrogen-bond acceptors (Lipinski definition) is 14. The lowest BCUT2D eigenvalue weighted by Gasteiger charge is -2.56. The Bertz CT molecular complexity index is 4750. The number of fused-ring (bicyclic) bond motifs is 8. The van der Waals surface area contributed by atoms with Crippen LogP contribution in [0.1, 0.15) is 147 Å². The minimum Gasteiger partial charge on any atom is -0.481 e. The van der Waals surface area contributed by atoms with Gasteiger partial charge in [-0.15, -0.1) is 0 Å². The van der Waals surface area contributed by atoms with Crippen molar-refractivity contribution in [3.05, 3.63) is 230 Å². The molecule has 4 fully saturated rings. The molecule has 0 spiro atoms. The number of nitrogens with one attached hydrogen (secondary N) is 1. The topological polar surface area (TPSA) is 240 Å². The molecule has 4 saturated carbocycles. The molecule has 8 aromatic rings. The van der Waals surface area contributed by atoms with Crippen molar-refractivity contribution in [2.75, 3.05) is 0 Å². The molecule has 13 rings (SSSR count). The van der Waals surface area contributed by atoms with Gasteiger partial charge in [0.2, 0.25) is 5.91 Å². The molecule has 0 aromatic heterocycles. The highest BCUT2D eigenvalue weighted by atomic mass is 79.9. The molecule has 0 saturated heterocycles. The Morgan fingerprint density at radius 1 is 0.408 bits per heavy atom. The Morgan fingerprint density at radius 3 is 0.878 bits per heavy atom. The normalized spacial score (nSPS) is 18.6. The van der Waals surface area contributed by atoms with Crippen LogP contribution >= 0.6 is 63.7 Å². The first-order valence-corrected chi connectivity index (χ1v) is 40.7. The van der Waals surface area contributed by atoms with E-state index in [0.29, 0.717) is 52.3 Å². The van der Waals surface area contributed by atoms with Crippen molar-refractivity contribution in [2.45, 2.75) is 155 Å². The monoisotopic (exact) mass is 1660 g/mol. The van der Waals surface area contributed by atoms with Gasteiger partial charge in [0.1, 0.15) is 42.6 Å². The molecular weight excluding hydrogens is 1590 g/mol. The molecular formula is C74H71Br4NO15S4. The van der Waals surface area contributed by atoms with Gasteiger partial charge in [-0.1, -0.05) is 154 Å². The second kappa shape index (κ2) is 27.2. The third-order valence-electron chi connectivity index (χ3n) is 18.7. The van der Waals surface area contributed by atoms with Crippen molar-refractivity contribution in [3.8, 4) is 23.0 Å². The number of carbonyl (C=O) groups excluding carboxylic acids is 1. The third-order valence-corrected chi connectivity index (χ3v) is 25.7. The summed E-state index contributed by atoms with van der Waals surface area (Å²) in [6.45, 7) is 11.6. The van der Waals surface area contributed by atoms with Crippen molar-refractivity contribution >= 4 is 116 Å². The summed E-state index contributed by atoms with van der Waals surface area (Å²) in [5, 5.41) is 14.1. The fourth-order valence-corrected chi connectivity index (χ4v) is 19.6. The average Bonchev–Trinajstić information content (AvgIpc) is 0.755. The second-order valence-electron chi connectivity index (χ2n) is 28.4. The van der Waals surface area contributed by atoms with Crippen LogP contribution in [-0.2, 0) is 99.4 Å². The number of carbonyl (C=O) groups is 2. The average molecular weight is 1660 g/mol. The van der Waals surface area contributed by atoms with Gasteiger partial charge in [-0.25, -0.2) is 0 Å². The van der Waals surface area contributed by atoms with E-state index in [0.717, 1.165) is 38.5 Å². The van der Waals surface area contributed by atoms with Gasteiger partial charge < -0.3 is 27.2 Å². The van der Waals surface area contributed by atoms with Gasteiger partial charge in [0.15, 0.2) is 0 Å². The van der Waals surface area contributed by atoms with Crippen LogP contribution in [0.4, 0.5) is 0 Å². The van der Waals surface area contributed by atoms with E-state index in [1.807, 2.05) is 41.5 Å². The summed E-state index contributed by atoms with van der Waals surface area (Å²) in [7, 11) is -19.3. The molecule has 12 bridgehead atoms. The third kappa shape index (κ3) is 16.0. The van der Waals surface area contributed by atoms with E-state index in [-0.39, 0.29) is 118 Å². The van der Waals surface area contributed by atoms with Gasteiger partial charge in [-0.3, -0.25) is 9.59 Å². The largest absolute Gasteiger partial charge is 0.481 e. The first-order valence-electron chi connectivity index (χ1n) is 31.9. The maximum Gasteiger partial charge on any atom is 0.339 e. The highest BCUT2D eigenvalue weighted by Crippen LogP contribution is 2.56. The Morgan fingerprint density at radius 2 is 0.643 bits per heavy atom. The van der Waals surface area contributed by atoms with E-state index >= 15 is 38.5 Å². The second-order valence-corrected chi connectivity index (χ2v) is 38.2. The quantitative estimate of drug-likeness (QED) is 0.0806. The Balaban J connectivity index is 1.19. The number of hydrogen-bond donors (Lipinski definition) is 2. The SMILES string of the molecule is CC(C)(C)c1cc2c(OS(=O)(=O)c3ccc(Br)cc3)c(c1)Cc1cc(CC(=O)NC34CC5CC(CC(C5)C3)C4)cc(c1OS(=O)(=O)c1ccc(Br)cc1)Cc1cc(C(C)(C)C)cc(c1OS(=O)(=O)c1ccc(Br)cc1)Cc1cc(CC(=O)O)cc(c1OS(=O)(=O)c1ccc(Br)cc1)C2. The van der Waals surface area contributed by atoms with Crippen LogP contribution in [0.25, 0.3) is 0 Å². The van der Waals surface area contributed by atoms with Crippen LogP contribution in [-0.4, -0.2) is 56.2 Å². The molecule has 0 heterocycles. The van der Waals surface area contributed by atoms with E-state index < -0.39 is 82.1 Å². The summed E-state index contributed by atoms with van der Waals surface area (Å²) in [4.78, 5) is 27.1. The first kappa shape index (κ1) is 71.4. The summed E-state index contributed by atoms with van der Waals surface area (Å²) in [5.41, 5.74) is 0.886. The lowest BCUT2D eigenvalue weighted by molar-refractivity contribution is -0.136. The van der Waals surface area contributed by atoms with Crippen LogP contribution in [0.2, 0.25) is 0 Å². The molecule has 5 aliphatic carbocycles. The van der Waals surface area contributed by atoms with Gasteiger partial charge in [0, 0.05) is 93.6 Å². The zero-order valence-corrected chi connectivity index (χ0v) is 64.0. The number of halogens is 4. The van der Waals surface area contributed by atoms with Crippen LogP contribution in [0, 0.1) is 17.8 Å². The summed E-state index contributed by atoms with van der Waals surface area (Å²) >= 11 is 13.6. The molecule has 0 aliphatic heterocycles. The van der Waals surface area contributed by atoms with Crippen molar-refractivity contribution in [1.29, 1.82) is 0 Å². The summed E-state index contributed by atoms with van der Waals surface area (Å²) in [6, 6.07) is 36.3. The molecule has 24 heteroatoms. The number of benzene rings is 8. The Labute approximate surface area is 606 Å². The van der Waals surface area contributed by atoms with Crippen molar-refractivity contribution in [3.63, 3.8) is 0 Å². The summed E-state index contributed by atoms with van der Waals surface area (Å²) in [5.74, 6) is -1.04. The highest BCUT2D eigenvalue weighted by molar-refractivity contribution is 9.11. The predicted molar refractivity (Wildman–Crippen MR) is 386 cm³/mol. The standard InChI is InChI=1S/C74H71Br4NO15S4/c1-72(2,3)56-36-52-32-48-26-43(30-66(80)79-74-40-45-23-46(41-74)25-47(24-45)42-74)27-49(68(48)91-95(83,84)62-15-7-58(75)8-16-62)33-53-37-57(73(4,5)6)39-55(71(53)94-98(89,90)65-21-13-61(78)14-22-65)35-51-29-44(31-67(81)82)28-50(69(51)92-96(85,86)63-17-9-59(76)10-18-63)34-54(38-56)70(52)93-97(87,88)64-19-11-60(77)12-20-64/h7-22,26-29,36-39,45-47H,23-25,30-35,40-42H2,1-6H3,(H,79,80)(H,81,82). The molecule has 0 atom stereocenters. The van der Waals surface area contributed by atoms with Crippen LogP contribution < -0.4 is 22.0 Å². The van der Waals surface area contributed by atoms with Crippen LogP contribution in [0.15, 0.2) is 183 Å². The molecule has 0 radical (unpaired) electrons. The Hall–Kier alpha value is -6.38. The molecule has 514 valence electrons. The molecule has 5 aliphatic rings. The first-order chi connectivity index (χ1) is 45.9. The highest BCUT2D eigenvalue weighted by Gasteiger charge is 2.51. The number of carboxylic acid groups (broad SMARTS) is 1. The lowest BCUT2D eigenvalue weighted by Crippen LogP contribution is -2.60. The van der Waals surface area contributed by atoms with Gasteiger partial charge >= 0.3 is 46.4 Å². The molecule has 2 N–H and O–H groups in total. The maximum absolute atomic E-state index is 15.2. The fourth-order valence-electron chi connectivity index (χ4n) is 14.5. The zero-order chi connectivity index (χ0) is 70.2. The van der Waals surface area contributed by atoms with Crippen LogP contribution in [0.3, 0.4) is 0 Å². The maximum atomic E-state index is 15.2. The number of aliphatic carboxylic acids is 1. The zero-order valence-electron chi connectivity index (χ0n) is 54.4. The van der Waals surface area contributed by atoms with Gasteiger partial charge in [0.25, 0.3) is 0 Å². The Kier molecular flexibility index (Phi) is 19.8. The summed E-state index contributed by atoms with van der Waals surface area (Å²) in [6.07, 6.45) is 3.60. The van der Waals surface area contributed by atoms with Crippen molar-refractivity contribution in [2.24, 2.45) is 17.8 Å². The smallest absolute Gasteiger partial charge is 0.339 e. The van der Waals surface area contributed by atoms with Gasteiger partial charge in [0.05, 0.1) is 12.8 Å². The number of amides is 1. The van der Waals surface area contributed by atoms with E-state index in [9.17, 15) is 9.90 Å². The minimum atomic E-state index is -4.83. The number of carboxylic acids is 1. The van der Waals surface area contributed by atoms with E-state index in [2.05, 4.69) is 69.0 Å². The van der Waals surface area contributed by atoms with E-state index in [4.69, 9.17) is 16.7 Å². The predicted octanol–water partition coefficient (Wildman–Crippen LogP) is 16.3. The molecule has 98 heavy (non-hydrogen) atoms. The molecule has 0 unspecified atom stereocenters. The fraction of sp³-hybridized carbons (Fsp3) is 0.324. The molecule has 16 nitrogen and oxygen atoms in total. The summed E-state index contributed by atoms with van der Waals surface area (Å²) < 4.78 is 149. The van der Waals surface area contributed by atoms with E-state index in [1.165, 1.54) is 97.1 Å². The van der Waals surface area contributed by atoms with Crippen LogP contribution in [0.5, 0.6) is 23.0 Å². The molecule has 1 amide bonds.